The number of benzene rings is 6. The monoisotopic (exact) mass is 564 g/mol. The van der Waals surface area contributed by atoms with Gasteiger partial charge in [0.15, 0.2) is 0 Å². The van der Waals surface area contributed by atoms with Crippen molar-refractivity contribution >= 4 is 64.1 Å². The average Bonchev–Trinajstić information content (AvgIpc) is 3.45. The number of rotatable bonds is 3. The third-order valence-electron chi connectivity index (χ3n) is 8.46. The molecule has 0 aliphatic rings. The molecule has 43 heavy (non-hydrogen) atoms. The van der Waals surface area contributed by atoms with Crippen molar-refractivity contribution < 1.29 is 0 Å². The molecule has 9 rings (SSSR count). The molecule has 0 unspecified atom stereocenters. The Bertz CT molecular complexity index is 2520. The second-order valence-electron chi connectivity index (χ2n) is 11.0. The van der Waals surface area contributed by atoms with Gasteiger partial charge in [-0.25, -0.2) is 9.97 Å². The molecule has 6 aromatic carbocycles. The van der Waals surface area contributed by atoms with Gasteiger partial charge in [-0.2, -0.15) is 0 Å². The summed E-state index contributed by atoms with van der Waals surface area (Å²) in [4.78, 5) is 10.5. The lowest BCUT2D eigenvalue weighted by atomic mass is 9.95. The quantitative estimate of drug-likeness (QED) is 0.199. The first-order valence-electron chi connectivity index (χ1n) is 14.5. The zero-order valence-corrected chi connectivity index (χ0v) is 24.0. The van der Waals surface area contributed by atoms with Crippen molar-refractivity contribution in [1.82, 2.24) is 9.97 Å². The summed E-state index contributed by atoms with van der Waals surface area (Å²) < 4.78 is 2.63. The molecule has 9 aromatic rings. The number of fused-ring (bicyclic) bond motifs is 7. The number of pyridine rings is 2. The van der Waals surface area contributed by atoms with Crippen LogP contribution in [0.1, 0.15) is 0 Å². The smallest absolute Gasteiger partial charge is 0.0972 e. The van der Waals surface area contributed by atoms with Crippen molar-refractivity contribution in [2.75, 3.05) is 0 Å². The van der Waals surface area contributed by atoms with Gasteiger partial charge in [-0.3, -0.25) is 0 Å². The van der Waals surface area contributed by atoms with Crippen LogP contribution >= 0.6 is 11.3 Å². The van der Waals surface area contributed by atoms with E-state index in [0.717, 1.165) is 44.3 Å². The van der Waals surface area contributed by atoms with Crippen LogP contribution in [0.25, 0.3) is 86.4 Å². The van der Waals surface area contributed by atoms with Crippen molar-refractivity contribution in [2.45, 2.75) is 0 Å². The van der Waals surface area contributed by atoms with Crippen molar-refractivity contribution in [3.05, 3.63) is 146 Å². The zero-order valence-electron chi connectivity index (χ0n) is 23.2. The molecule has 0 aliphatic carbocycles. The predicted octanol–water partition coefficient (Wildman–Crippen LogP) is 11.3. The Kier molecular flexibility index (Phi) is 5.40. The summed E-state index contributed by atoms with van der Waals surface area (Å²) in [5, 5.41) is 7.23. The Balaban J connectivity index is 1.20. The molecule has 3 heterocycles. The summed E-state index contributed by atoms with van der Waals surface area (Å²) in [5.74, 6) is 0. The van der Waals surface area contributed by atoms with E-state index in [1.807, 2.05) is 11.3 Å². The van der Waals surface area contributed by atoms with E-state index >= 15 is 0 Å². The van der Waals surface area contributed by atoms with Crippen LogP contribution < -0.4 is 0 Å². The number of thiophene rings is 1. The topological polar surface area (TPSA) is 25.8 Å². The third-order valence-corrected chi connectivity index (χ3v) is 9.61. The highest BCUT2D eigenvalue weighted by atomic mass is 32.1. The fourth-order valence-corrected chi connectivity index (χ4v) is 7.37. The van der Waals surface area contributed by atoms with Gasteiger partial charge in [-0.05, 0) is 58.3 Å². The van der Waals surface area contributed by atoms with Gasteiger partial charge in [0.05, 0.1) is 22.4 Å². The summed E-state index contributed by atoms with van der Waals surface area (Å²) in [6.07, 6.45) is 0. The van der Waals surface area contributed by atoms with E-state index in [4.69, 9.17) is 9.97 Å². The summed E-state index contributed by atoms with van der Waals surface area (Å²) in [5.41, 5.74) is 8.35. The fraction of sp³-hybridized carbons (Fsp3) is 0. The van der Waals surface area contributed by atoms with E-state index in [9.17, 15) is 0 Å². The summed E-state index contributed by atoms with van der Waals surface area (Å²) in [6, 6.07) is 52.0. The maximum atomic E-state index is 5.29. The van der Waals surface area contributed by atoms with Crippen molar-refractivity contribution in [2.24, 2.45) is 0 Å². The Morgan fingerprint density at radius 1 is 0.372 bits per heavy atom. The first-order valence-corrected chi connectivity index (χ1v) is 15.3. The first-order chi connectivity index (χ1) is 21.3. The minimum atomic E-state index is 0.923. The molecule has 3 aromatic heterocycles. The van der Waals surface area contributed by atoms with Gasteiger partial charge in [-0.15, -0.1) is 11.3 Å². The minimum Gasteiger partial charge on any atom is -0.245 e. The van der Waals surface area contributed by atoms with E-state index in [2.05, 4.69) is 146 Å². The minimum absolute atomic E-state index is 0.923. The molecule has 0 spiro atoms. The van der Waals surface area contributed by atoms with Crippen LogP contribution in [-0.2, 0) is 0 Å². The Hall–Kier alpha value is -5.38. The zero-order chi connectivity index (χ0) is 28.3. The Morgan fingerprint density at radius 2 is 0.977 bits per heavy atom. The van der Waals surface area contributed by atoms with Gasteiger partial charge in [0.2, 0.25) is 0 Å². The lowest BCUT2D eigenvalue weighted by Gasteiger charge is -2.12. The Morgan fingerprint density at radius 3 is 1.84 bits per heavy atom. The number of hydrogen-bond acceptors (Lipinski definition) is 3. The predicted molar refractivity (Wildman–Crippen MR) is 184 cm³/mol. The molecular weight excluding hydrogens is 541 g/mol. The first kappa shape index (κ1) is 24.2. The molecule has 0 N–H and O–H groups in total. The van der Waals surface area contributed by atoms with Crippen LogP contribution in [-0.4, -0.2) is 9.97 Å². The van der Waals surface area contributed by atoms with E-state index in [1.54, 1.807) is 0 Å². The molecular formula is C40H24N2S. The van der Waals surface area contributed by atoms with Gasteiger partial charge in [0, 0.05) is 42.1 Å². The molecule has 0 aliphatic heterocycles. The van der Waals surface area contributed by atoms with Gasteiger partial charge in [0.1, 0.15) is 0 Å². The van der Waals surface area contributed by atoms with E-state index in [1.165, 1.54) is 42.1 Å². The van der Waals surface area contributed by atoms with E-state index in [0.29, 0.717) is 0 Å². The number of hydrogen-bond donors (Lipinski definition) is 0. The number of nitrogens with zero attached hydrogens (tertiary/aromatic N) is 2. The highest BCUT2D eigenvalue weighted by molar-refractivity contribution is 7.25. The molecule has 0 atom stereocenters. The highest BCUT2D eigenvalue weighted by Crippen LogP contribution is 2.39. The lowest BCUT2D eigenvalue weighted by molar-refractivity contribution is 1.37. The molecule has 0 bridgehead atoms. The maximum absolute atomic E-state index is 5.29. The van der Waals surface area contributed by atoms with Gasteiger partial charge in [0.25, 0.3) is 0 Å². The molecule has 0 saturated carbocycles. The molecule has 0 saturated heterocycles. The standard InChI is InChI=1S/C40H24N2S/c1-2-8-28-23-30(16-13-25(28)7-1)35-20-17-26-14-15-27-18-21-36(42-40(27)39(26)41-35)32-10-4-3-9-31(32)29-19-22-38-34(24-29)33-11-5-6-12-37(33)43-38/h1-24H. The van der Waals surface area contributed by atoms with Crippen molar-refractivity contribution in [1.29, 1.82) is 0 Å². The summed E-state index contributed by atoms with van der Waals surface area (Å²) in [6.45, 7) is 0. The third kappa shape index (κ3) is 4.01. The van der Waals surface area contributed by atoms with Crippen LogP contribution in [0, 0.1) is 0 Å². The normalized spacial score (nSPS) is 11.7. The Labute approximate surface area is 252 Å². The molecule has 2 nitrogen and oxygen atoms in total. The fourth-order valence-electron chi connectivity index (χ4n) is 6.28. The van der Waals surface area contributed by atoms with Gasteiger partial charge in [-0.1, -0.05) is 109 Å². The van der Waals surface area contributed by atoms with Gasteiger partial charge >= 0.3 is 0 Å². The van der Waals surface area contributed by atoms with Crippen LogP contribution in [0.4, 0.5) is 0 Å². The van der Waals surface area contributed by atoms with Crippen LogP contribution in [0.5, 0.6) is 0 Å². The highest BCUT2D eigenvalue weighted by Gasteiger charge is 2.14. The van der Waals surface area contributed by atoms with Crippen LogP contribution in [0.3, 0.4) is 0 Å². The SMILES string of the molecule is c1ccc(-c2ccc3ccc4ccc(-c5ccc6ccccc6c5)nc4c3n2)c(-c2ccc3sc4ccccc4c3c2)c1. The second-order valence-corrected chi connectivity index (χ2v) is 12.1. The van der Waals surface area contributed by atoms with Crippen LogP contribution in [0.15, 0.2) is 146 Å². The second kappa shape index (κ2) is 9.59. The van der Waals surface area contributed by atoms with Gasteiger partial charge < -0.3 is 0 Å². The molecule has 200 valence electrons. The molecule has 0 radical (unpaired) electrons. The molecule has 3 heteroatoms. The summed E-state index contributed by atoms with van der Waals surface area (Å²) >= 11 is 1.85. The molecule has 0 amide bonds. The van der Waals surface area contributed by atoms with Crippen molar-refractivity contribution in [3.63, 3.8) is 0 Å². The molecule has 0 fully saturated rings. The maximum Gasteiger partial charge on any atom is 0.0972 e. The number of aromatic nitrogens is 2. The van der Waals surface area contributed by atoms with E-state index < -0.39 is 0 Å². The van der Waals surface area contributed by atoms with E-state index in [-0.39, 0.29) is 0 Å². The van der Waals surface area contributed by atoms with Crippen molar-refractivity contribution in [3.8, 4) is 33.6 Å². The lowest BCUT2D eigenvalue weighted by Crippen LogP contribution is -1.92. The van der Waals surface area contributed by atoms with Crippen LogP contribution in [0.2, 0.25) is 0 Å². The largest absolute Gasteiger partial charge is 0.245 e. The average molecular weight is 565 g/mol. The summed E-state index contributed by atoms with van der Waals surface area (Å²) in [7, 11) is 0.